The van der Waals surface area contributed by atoms with Crippen LogP contribution < -0.4 is 0 Å². The standard InChI is InChI=1S/C28H37NO2Si/c1-21(2)32(22(3)4,23(5)6)19-13-18-28(7)26-17-12-11-16-25(26)27(30)29(28)31-20-24-14-9-8-10-15-24/h8-12,14-17,21-23H,18,20H2,1-7H3. The molecule has 170 valence electrons. The number of benzene rings is 2. The number of rotatable bonds is 7. The van der Waals surface area contributed by atoms with Gasteiger partial charge in [-0.3, -0.25) is 9.63 Å². The minimum Gasteiger partial charge on any atom is -0.267 e. The lowest BCUT2D eigenvalue weighted by Crippen LogP contribution is -2.44. The van der Waals surface area contributed by atoms with Crippen molar-refractivity contribution in [2.45, 2.75) is 83.7 Å². The van der Waals surface area contributed by atoms with Crippen LogP contribution in [-0.2, 0) is 17.0 Å². The first kappa shape index (κ1) is 24.3. The second kappa shape index (κ2) is 9.64. The zero-order chi connectivity index (χ0) is 23.5. The third-order valence-electron chi connectivity index (χ3n) is 7.18. The summed E-state index contributed by atoms with van der Waals surface area (Å²) in [6.45, 7) is 16.4. The van der Waals surface area contributed by atoms with Crippen LogP contribution in [0.3, 0.4) is 0 Å². The average molecular weight is 448 g/mol. The van der Waals surface area contributed by atoms with Crippen LogP contribution in [0.2, 0.25) is 16.6 Å². The van der Waals surface area contributed by atoms with Gasteiger partial charge >= 0.3 is 0 Å². The molecule has 0 radical (unpaired) electrons. The van der Waals surface area contributed by atoms with E-state index in [1.165, 1.54) is 0 Å². The van der Waals surface area contributed by atoms with Crippen molar-refractivity contribution in [1.82, 2.24) is 5.06 Å². The zero-order valence-corrected chi connectivity index (χ0v) is 21.6. The summed E-state index contributed by atoms with van der Waals surface area (Å²) in [5, 5.41) is 1.57. The van der Waals surface area contributed by atoms with Crippen LogP contribution in [0.15, 0.2) is 54.6 Å². The molecule has 0 saturated heterocycles. The van der Waals surface area contributed by atoms with Gasteiger partial charge in [0.05, 0.1) is 0 Å². The summed E-state index contributed by atoms with van der Waals surface area (Å²) >= 11 is 0. The summed E-state index contributed by atoms with van der Waals surface area (Å²) in [6.07, 6.45) is 0.561. The molecule has 32 heavy (non-hydrogen) atoms. The fourth-order valence-corrected chi connectivity index (χ4v) is 10.7. The predicted octanol–water partition coefficient (Wildman–Crippen LogP) is 7.10. The van der Waals surface area contributed by atoms with E-state index in [0.29, 0.717) is 35.2 Å². The smallest absolute Gasteiger partial charge is 0.267 e. The van der Waals surface area contributed by atoms with Gasteiger partial charge in [0, 0.05) is 12.0 Å². The Hall–Kier alpha value is -2.35. The molecule has 4 heteroatoms. The highest BCUT2D eigenvalue weighted by atomic mass is 28.3. The molecule has 0 saturated carbocycles. The highest BCUT2D eigenvalue weighted by molar-refractivity contribution is 6.90. The molecule has 1 aliphatic heterocycles. The van der Waals surface area contributed by atoms with Crippen molar-refractivity contribution >= 4 is 14.0 Å². The predicted molar refractivity (Wildman–Crippen MR) is 135 cm³/mol. The Morgan fingerprint density at radius 3 is 2.06 bits per heavy atom. The van der Waals surface area contributed by atoms with Crippen LogP contribution in [0.4, 0.5) is 0 Å². The third-order valence-corrected chi connectivity index (χ3v) is 13.5. The Labute approximate surface area is 195 Å². The van der Waals surface area contributed by atoms with Crippen molar-refractivity contribution in [3.8, 4) is 11.5 Å². The normalized spacial score (nSPS) is 18.3. The Morgan fingerprint density at radius 1 is 0.906 bits per heavy atom. The molecule has 2 aromatic rings. The van der Waals surface area contributed by atoms with Gasteiger partial charge in [-0.15, -0.1) is 11.5 Å². The van der Waals surface area contributed by atoms with Gasteiger partial charge in [-0.05, 0) is 40.7 Å². The fraction of sp³-hybridized carbons (Fsp3) is 0.464. The van der Waals surface area contributed by atoms with E-state index < -0.39 is 13.6 Å². The molecule has 0 aliphatic carbocycles. The highest BCUT2D eigenvalue weighted by Gasteiger charge is 2.47. The lowest BCUT2D eigenvalue weighted by Gasteiger charge is -2.38. The highest BCUT2D eigenvalue weighted by Crippen LogP contribution is 2.43. The fourth-order valence-electron chi connectivity index (χ4n) is 5.47. The minimum absolute atomic E-state index is 0.0825. The third kappa shape index (κ3) is 4.29. The molecule has 0 fully saturated rings. The molecule has 1 aliphatic rings. The van der Waals surface area contributed by atoms with Gasteiger partial charge in [0.25, 0.3) is 5.91 Å². The van der Waals surface area contributed by atoms with Crippen LogP contribution in [0, 0.1) is 11.5 Å². The average Bonchev–Trinajstić information content (AvgIpc) is 2.97. The second-order valence-corrected chi connectivity index (χ2v) is 15.6. The van der Waals surface area contributed by atoms with Crippen molar-refractivity contribution in [3.63, 3.8) is 0 Å². The summed E-state index contributed by atoms with van der Waals surface area (Å²) in [7, 11) is -1.84. The van der Waals surface area contributed by atoms with Crippen LogP contribution in [-0.4, -0.2) is 19.0 Å². The summed E-state index contributed by atoms with van der Waals surface area (Å²) < 4.78 is 0. The van der Waals surface area contributed by atoms with Gasteiger partial charge in [-0.25, -0.2) is 5.06 Å². The monoisotopic (exact) mass is 447 g/mol. The van der Waals surface area contributed by atoms with Crippen LogP contribution in [0.1, 0.15) is 76.4 Å². The maximum Gasteiger partial charge on any atom is 0.278 e. The number of hydrogen-bond acceptors (Lipinski definition) is 2. The molecular formula is C28H37NO2Si. The molecule has 0 aromatic heterocycles. The number of hydrogen-bond donors (Lipinski definition) is 0. The lowest BCUT2D eigenvalue weighted by molar-refractivity contribution is -0.185. The van der Waals surface area contributed by atoms with Crippen molar-refractivity contribution in [3.05, 3.63) is 71.3 Å². The number of carbonyl (C=O) groups excluding carboxylic acids is 1. The van der Waals surface area contributed by atoms with Gasteiger partial charge < -0.3 is 0 Å². The van der Waals surface area contributed by atoms with Gasteiger partial charge in [-0.1, -0.05) is 90.1 Å². The number of carbonyl (C=O) groups is 1. The molecule has 2 aromatic carbocycles. The van der Waals surface area contributed by atoms with Crippen molar-refractivity contribution in [2.24, 2.45) is 0 Å². The van der Waals surface area contributed by atoms with E-state index in [1.807, 2.05) is 54.6 Å². The lowest BCUT2D eigenvalue weighted by atomic mass is 9.89. The molecule has 0 bridgehead atoms. The summed E-state index contributed by atoms with van der Waals surface area (Å²) in [6, 6.07) is 17.8. The molecule has 1 atom stereocenters. The van der Waals surface area contributed by atoms with Crippen molar-refractivity contribution in [1.29, 1.82) is 0 Å². The van der Waals surface area contributed by atoms with Crippen LogP contribution >= 0.6 is 0 Å². The Balaban J connectivity index is 1.96. The minimum atomic E-state index is -1.84. The van der Waals surface area contributed by atoms with Gasteiger partial charge in [0.15, 0.2) is 0 Å². The largest absolute Gasteiger partial charge is 0.278 e. The summed E-state index contributed by atoms with van der Waals surface area (Å²) in [4.78, 5) is 19.4. The van der Waals surface area contributed by atoms with E-state index >= 15 is 0 Å². The first-order chi connectivity index (χ1) is 15.1. The van der Waals surface area contributed by atoms with E-state index in [1.54, 1.807) is 5.06 Å². The first-order valence-electron chi connectivity index (χ1n) is 11.8. The SMILES string of the molecule is CC(C)[Si](C#CCC1(C)c2ccccc2C(=O)N1OCc1ccccc1)(C(C)C)C(C)C. The second-order valence-electron chi connectivity index (χ2n) is 10.1. The van der Waals surface area contributed by atoms with E-state index in [9.17, 15) is 4.79 Å². The number of fused-ring (bicyclic) bond motifs is 1. The van der Waals surface area contributed by atoms with Gasteiger partial charge in [0.2, 0.25) is 0 Å². The van der Waals surface area contributed by atoms with Crippen molar-refractivity contribution in [2.75, 3.05) is 0 Å². The van der Waals surface area contributed by atoms with Crippen molar-refractivity contribution < 1.29 is 9.63 Å². The van der Waals surface area contributed by atoms with Gasteiger partial charge in [-0.2, -0.15) is 0 Å². The molecule has 3 nitrogen and oxygen atoms in total. The summed E-state index contributed by atoms with van der Waals surface area (Å²) in [5.41, 5.74) is 7.68. The van der Waals surface area contributed by atoms with E-state index in [4.69, 9.17) is 4.84 Å². The van der Waals surface area contributed by atoms with Crippen LogP contribution in [0.5, 0.6) is 0 Å². The van der Waals surface area contributed by atoms with Crippen LogP contribution in [0.25, 0.3) is 0 Å². The number of hydroxylamine groups is 2. The molecule has 0 N–H and O–H groups in total. The molecule has 1 unspecified atom stereocenters. The first-order valence-corrected chi connectivity index (χ1v) is 14.0. The topological polar surface area (TPSA) is 29.5 Å². The molecule has 1 heterocycles. The Kier molecular flexibility index (Phi) is 7.32. The Bertz CT molecular complexity index is 981. The zero-order valence-electron chi connectivity index (χ0n) is 20.6. The Morgan fingerprint density at radius 2 is 1.47 bits per heavy atom. The van der Waals surface area contributed by atoms with E-state index in [2.05, 4.69) is 59.9 Å². The quantitative estimate of drug-likeness (QED) is 0.334. The summed E-state index contributed by atoms with van der Waals surface area (Å²) in [5.74, 6) is 3.50. The molecule has 1 amide bonds. The molecule has 0 spiro atoms. The number of nitrogens with zero attached hydrogens (tertiary/aromatic N) is 1. The maximum absolute atomic E-state index is 13.3. The van der Waals surface area contributed by atoms with E-state index in [-0.39, 0.29) is 5.91 Å². The number of amides is 1. The van der Waals surface area contributed by atoms with Gasteiger partial charge in [0.1, 0.15) is 20.2 Å². The molecular weight excluding hydrogens is 410 g/mol. The van der Waals surface area contributed by atoms with E-state index in [0.717, 1.165) is 11.1 Å². The molecule has 3 rings (SSSR count). The maximum atomic E-state index is 13.3.